The molecular formula is C21H17ClN4O2. The van der Waals surface area contributed by atoms with Gasteiger partial charge in [-0.15, -0.1) is 0 Å². The van der Waals surface area contributed by atoms with Gasteiger partial charge in [-0.1, -0.05) is 47.5 Å². The van der Waals surface area contributed by atoms with Crippen LogP contribution in [-0.4, -0.2) is 20.1 Å². The summed E-state index contributed by atoms with van der Waals surface area (Å²) in [7, 11) is 0. The van der Waals surface area contributed by atoms with Gasteiger partial charge in [0.25, 0.3) is 5.56 Å². The largest absolute Gasteiger partial charge is 0.324 e. The van der Waals surface area contributed by atoms with Crippen molar-refractivity contribution in [1.82, 2.24) is 14.2 Å². The molecule has 0 bridgehead atoms. The Morgan fingerprint density at radius 2 is 1.89 bits per heavy atom. The minimum atomic E-state index is -0.313. The highest BCUT2D eigenvalue weighted by Gasteiger charge is 2.11. The fourth-order valence-electron chi connectivity index (χ4n) is 2.94. The van der Waals surface area contributed by atoms with Crippen molar-refractivity contribution in [3.63, 3.8) is 0 Å². The quantitative estimate of drug-likeness (QED) is 0.575. The van der Waals surface area contributed by atoms with Crippen LogP contribution in [0.4, 0.5) is 5.69 Å². The number of halogens is 1. The number of rotatable bonds is 4. The third kappa shape index (κ3) is 3.68. The summed E-state index contributed by atoms with van der Waals surface area (Å²) in [5, 5.41) is 7.72. The van der Waals surface area contributed by atoms with E-state index in [0.717, 1.165) is 11.1 Å². The number of benzene rings is 2. The fraction of sp³-hybridized carbons (Fsp3) is 0.0952. The van der Waals surface area contributed by atoms with Crippen LogP contribution in [0.25, 0.3) is 16.8 Å². The van der Waals surface area contributed by atoms with E-state index in [1.165, 1.54) is 9.08 Å². The van der Waals surface area contributed by atoms with Crippen molar-refractivity contribution in [2.75, 3.05) is 5.32 Å². The number of hydrogen-bond acceptors (Lipinski definition) is 3. The lowest BCUT2D eigenvalue weighted by Crippen LogP contribution is -2.28. The van der Waals surface area contributed by atoms with Gasteiger partial charge in [-0.2, -0.15) is 5.10 Å². The van der Waals surface area contributed by atoms with Gasteiger partial charge in [0.05, 0.1) is 5.69 Å². The van der Waals surface area contributed by atoms with Gasteiger partial charge in [-0.3, -0.25) is 9.59 Å². The third-order valence-corrected chi connectivity index (χ3v) is 4.61. The molecule has 0 saturated heterocycles. The van der Waals surface area contributed by atoms with E-state index in [4.69, 9.17) is 11.6 Å². The van der Waals surface area contributed by atoms with Gasteiger partial charge in [-0.05, 0) is 31.2 Å². The van der Waals surface area contributed by atoms with E-state index in [9.17, 15) is 9.59 Å². The first-order valence-electron chi connectivity index (χ1n) is 8.71. The number of amides is 1. The maximum absolute atomic E-state index is 12.8. The normalized spacial score (nSPS) is 10.9. The molecule has 2 aromatic heterocycles. The molecule has 6 nitrogen and oxygen atoms in total. The van der Waals surface area contributed by atoms with Gasteiger partial charge in [0.15, 0.2) is 0 Å². The van der Waals surface area contributed by atoms with Crippen LogP contribution in [0, 0.1) is 6.92 Å². The number of hydrogen-bond donors (Lipinski definition) is 1. The zero-order chi connectivity index (χ0) is 19.7. The molecule has 0 atom stereocenters. The van der Waals surface area contributed by atoms with Crippen LogP contribution in [-0.2, 0) is 11.3 Å². The number of aromatic nitrogens is 3. The molecule has 0 radical (unpaired) electrons. The molecular weight excluding hydrogens is 376 g/mol. The Bertz CT molecular complexity index is 1230. The number of aryl methyl sites for hydroxylation is 1. The summed E-state index contributed by atoms with van der Waals surface area (Å²) in [5.74, 6) is -0.313. The molecule has 0 aliphatic heterocycles. The van der Waals surface area contributed by atoms with E-state index in [-0.39, 0.29) is 18.0 Å². The molecule has 1 N–H and O–H groups in total. The van der Waals surface area contributed by atoms with Gasteiger partial charge in [0, 0.05) is 28.7 Å². The second-order valence-corrected chi connectivity index (χ2v) is 6.95. The van der Waals surface area contributed by atoms with Crippen molar-refractivity contribution < 1.29 is 4.79 Å². The summed E-state index contributed by atoms with van der Waals surface area (Å²) in [6, 6.07) is 16.5. The fourth-order valence-corrected chi connectivity index (χ4v) is 3.13. The van der Waals surface area contributed by atoms with Crippen LogP contribution in [0.1, 0.15) is 5.56 Å². The first-order chi connectivity index (χ1) is 13.5. The smallest absolute Gasteiger partial charge is 0.277 e. The summed E-state index contributed by atoms with van der Waals surface area (Å²) in [6.07, 6.45) is 3.22. The number of nitrogens with one attached hydrogen (secondary N) is 1. The molecule has 0 spiro atoms. The van der Waals surface area contributed by atoms with E-state index >= 15 is 0 Å². The molecule has 2 aromatic carbocycles. The molecule has 2 heterocycles. The minimum Gasteiger partial charge on any atom is -0.324 e. The summed E-state index contributed by atoms with van der Waals surface area (Å²) >= 11 is 5.92. The Labute approximate surface area is 166 Å². The van der Waals surface area contributed by atoms with Crippen molar-refractivity contribution in [3.05, 3.63) is 87.9 Å². The van der Waals surface area contributed by atoms with E-state index in [0.29, 0.717) is 21.9 Å². The Morgan fingerprint density at radius 1 is 1.11 bits per heavy atom. The lowest BCUT2D eigenvalue weighted by molar-refractivity contribution is -0.116. The Hall–Kier alpha value is -3.38. The maximum atomic E-state index is 12.8. The van der Waals surface area contributed by atoms with Gasteiger partial charge >= 0.3 is 0 Å². The number of nitrogens with zero attached hydrogens (tertiary/aromatic N) is 3. The monoisotopic (exact) mass is 392 g/mol. The van der Waals surface area contributed by atoms with Crippen molar-refractivity contribution >= 4 is 28.7 Å². The van der Waals surface area contributed by atoms with Crippen molar-refractivity contribution in [3.8, 4) is 11.3 Å². The predicted molar refractivity (Wildman–Crippen MR) is 110 cm³/mol. The van der Waals surface area contributed by atoms with E-state index in [1.807, 2.05) is 31.2 Å². The zero-order valence-corrected chi connectivity index (χ0v) is 15.8. The molecule has 0 saturated carbocycles. The number of fused-ring (bicyclic) bond motifs is 1. The maximum Gasteiger partial charge on any atom is 0.277 e. The lowest BCUT2D eigenvalue weighted by Gasteiger charge is -2.08. The summed E-state index contributed by atoms with van der Waals surface area (Å²) in [6.45, 7) is 1.91. The second kappa shape index (κ2) is 7.32. The second-order valence-electron chi connectivity index (χ2n) is 6.52. The Balaban J connectivity index is 1.60. The van der Waals surface area contributed by atoms with Gasteiger partial charge in [-0.25, -0.2) is 4.52 Å². The summed E-state index contributed by atoms with van der Waals surface area (Å²) in [5.41, 5.74) is 3.50. The van der Waals surface area contributed by atoms with E-state index < -0.39 is 0 Å². The predicted octanol–water partition coefficient (Wildman–Crippen LogP) is 3.76. The third-order valence-electron chi connectivity index (χ3n) is 4.37. The molecule has 28 heavy (non-hydrogen) atoms. The molecule has 140 valence electrons. The highest BCUT2D eigenvalue weighted by Crippen LogP contribution is 2.19. The average molecular weight is 393 g/mol. The number of anilines is 1. The standard InChI is InChI=1S/C21H17ClN4O2/c1-14-5-7-15(8-6-14)18-12-19-21(28)25(9-10-26(19)24-18)13-20(27)23-17-4-2-3-16(22)11-17/h2-12H,13H2,1H3,(H,23,27). The van der Waals surface area contributed by atoms with Gasteiger partial charge < -0.3 is 9.88 Å². The number of carbonyl (C=O) groups excluding carboxylic acids is 1. The Morgan fingerprint density at radius 3 is 2.64 bits per heavy atom. The van der Waals surface area contributed by atoms with Crippen LogP contribution in [0.2, 0.25) is 5.02 Å². The average Bonchev–Trinajstić information content (AvgIpc) is 3.10. The van der Waals surface area contributed by atoms with Gasteiger partial charge in [0.2, 0.25) is 5.91 Å². The van der Waals surface area contributed by atoms with E-state index in [1.54, 1.807) is 42.7 Å². The first kappa shape index (κ1) is 18.0. The summed E-state index contributed by atoms with van der Waals surface area (Å²) < 4.78 is 2.89. The topological polar surface area (TPSA) is 68.4 Å². The van der Waals surface area contributed by atoms with E-state index in [2.05, 4.69) is 10.4 Å². The SMILES string of the molecule is Cc1ccc(-c2cc3c(=O)n(CC(=O)Nc4cccc(Cl)c4)ccn3n2)cc1. The molecule has 0 aliphatic carbocycles. The van der Waals surface area contributed by atoms with Crippen molar-refractivity contribution in [1.29, 1.82) is 0 Å². The van der Waals surface area contributed by atoms with Crippen LogP contribution in [0.3, 0.4) is 0 Å². The van der Waals surface area contributed by atoms with Crippen LogP contribution >= 0.6 is 11.6 Å². The molecule has 1 amide bonds. The lowest BCUT2D eigenvalue weighted by atomic mass is 10.1. The van der Waals surface area contributed by atoms with Crippen LogP contribution < -0.4 is 10.9 Å². The highest BCUT2D eigenvalue weighted by molar-refractivity contribution is 6.30. The molecule has 4 rings (SSSR count). The van der Waals surface area contributed by atoms with Crippen LogP contribution in [0.5, 0.6) is 0 Å². The molecule has 0 unspecified atom stereocenters. The number of carbonyl (C=O) groups is 1. The summed E-state index contributed by atoms with van der Waals surface area (Å²) in [4.78, 5) is 25.1. The highest BCUT2D eigenvalue weighted by atomic mass is 35.5. The zero-order valence-electron chi connectivity index (χ0n) is 15.1. The molecule has 0 fully saturated rings. The van der Waals surface area contributed by atoms with Crippen LogP contribution in [0.15, 0.2) is 71.8 Å². The van der Waals surface area contributed by atoms with Crippen molar-refractivity contribution in [2.24, 2.45) is 0 Å². The molecule has 7 heteroatoms. The first-order valence-corrected chi connectivity index (χ1v) is 9.09. The minimum absolute atomic E-state index is 0.104. The molecule has 0 aliphatic rings. The molecule has 4 aromatic rings. The van der Waals surface area contributed by atoms with Crippen molar-refractivity contribution in [2.45, 2.75) is 13.5 Å². The Kier molecular flexibility index (Phi) is 4.71. The van der Waals surface area contributed by atoms with Gasteiger partial charge in [0.1, 0.15) is 12.1 Å².